The van der Waals surface area contributed by atoms with Crippen LogP contribution in [0.4, 0.5) is 13.2 Å². The van der Waals surface area contributed by atoms with Crippen molar-refractivity contribution in [3.8, 4) is 0 Å². The molecule has 1 aromatic carbocycles. The number of fused-ring (bicyclic) bond motifs is 1. The Balaban J connectivity index is 2.04. The number of halogens is 3. The van der Waals surface area contributed by atoms with Gasteiger partial charge in [-0.3, -0.25) is 19.8 Å². The fraction of sp³-hybridized carbons (Fsp3) is 0.294. The van der Waals surface area contributed by atoms with Gasteiger partial charge in [0.05, 0.1) is 6.54 Å². The smallest absolute Gasteiger partial charge is 0.346 e. The number of imide groups is 1. The molecule has 5 nitrogen and oxygen atoms in total. The van der Waals surface area contributed by atoms with Crippen LogP contribution < -0.4 is 5.32 Å². The summed E-state index contributed by atoms with van der Waals surface area (Å²) in [7, 11) is 1.44. The van der Waals surface area contributed by atoms with Crippen molar-refractivity contribution < 1.29 is 22.8 Å². The minimum Gasteiger partial charge on any atom is -0.346 e. The Morgan fingerprint density at radius 1 is 1.32 bits per heavy atom. The molecule has 0 radical (unpaired) electrons. The van der Waals surface area contributed by atoms with Gasteiger partial charge in [-0.15, -0.1) is 0 Å². The van der Waals surface area contributed by atoms with E-state index in [-0.39, 0.29) is 6.54 Å². The molecule has 134 valence electrons. The van der Waals surface area contributed by atoms with Crippen LogP contribution in [0.25, 0.3) is 17.0 Å². The molecule has 2 amide bonds. The van der Waals surface area contributed by atoms with Crippen molar-refractivity contribution in [1.29, 1.82) is 0 Å². The fourth-order valence-electron chi connectivity index (χ4n) is 2.46. The summed E-state index contributed by atoms with van der Waals surface area (Å²) in [6.07, 6.45) is 0.751. The SMILES string of the molecule is CN(CCn1ccc2cc(C=CC(=O)NC=O)ccc21)CC(F)(F)F. The van der Waals surface area contributed by atoms with Crippen LogP contribution in [0.5, 0.6) is 0 Å². The average Bonchev–Trinajstić information content (AvgIpc) is 2.92. The summed E-state index contributed by atoms with van der Waals surface area (Å²) < 4.78 is 38.9. The van der Waals surface area contributed by atoms with E-state index in [1.54, 1.807) is 12.1 Å². The molecule has 1 heterocycles. The van der Waals surface area contributed by atoms with Crippen LogP contribution in [0.15, 0.2) is 36.5 Å². The number of carbonyl (C=O) groups excluding carboxylic acids is 2. The average molecular weight is 353 g/mol. The van der Waals surface area contributed by atoms with Gasteiger partial charge in [-0.1, -0.05) is 6.07 Å². The molecule has 25 heavy (non-hydrogen) atoms. The number of amides is 2. The van der Waals surface area contributed by atoms with Crippen LogP contribution in [0, 0.1) is 0 Å². The van der Waals surface area contributed by atoms with Gasteiger partial charge >= 0.3 is 6.18 Å². The molecule has 2 rings (SSSR count). The van der Waals surface area contributed by atoms with E-state index in [1.807, 2.05) is 34.3 Å². The van der Waals surface area contributed by atoms with Crippen molar-refractivity contribution in [3.63, 3.8) is 0 Å². The highest BCUT2D eigenvalue weighted by Gasteiger charge is 2.28. The van der Waals surface area contributed by atoms with Crippen LogP contribution in [-0.2, 0) is 16.1 Å². The van der Waals surface area contributed by atoms with Gasteiger partial charge < -0.3 is 4.57 Å². The molecule has 0 aliphatic rings. The third kappa shape index (κ3) is 5.75. The first-order valence-corrected chi connectivity index (χ1v) is 7.55. The topological polar surface area (TPSA) is 54.3 Å². The van der Waals surface area contributed by atoms with Crippen LogP contribution in [0.3, 0.4) is 0 Å². The standard InChI is InChI=1S/C17H18F3N3O2/c1-22(11-17(18,19)20)8-9-23-7-6-14-10-13(2-4-15(14)23)3-5-16(25)21-12-24/h2-7,10,12H,8-9,11H2,1H3,(H,21,24,25). The molecule has 0 aliphatic carbocycles. The van der Waals surface area contributed by atoms with E-state index in [2.05, 4.69) is 0 Å². The van der Waals surface area contributed by atoms with Gasteiger partial charge in [0.2, 0.25) is 12.3 Å². The summed E-state index contributed by atoms with van der Waals surface area (Å²) in [6, 6.07) is 7.36. The lowest BCUT2D eigenvalue weighted by Gasteiger charge is -2.19. The number of nitrogens with one attached hydrogen (secondary N) is 1. The third-order valence-electron chi connectivity index (χ3n) is 3.60. The zero-order chi connectivity index (χ0) is 18.4. The van der Waals surface area contributed by atoms with E-state index >= 15 is 0 Å². The largest absolute Gasteiger partial charge is 0.401 e. The molecule has 0 aliphatic heterocycles. The van der Waals surface area contributed by atoms with E-state index in [9.17, 15) is 22.8 Å². The summed E-state index contributed by atoms with van der Waals surface area (Å²) >= 11 is 0. The van der Waals surface area contributed by atoms with E-state index < -0.39 is 18.6 Å². The van der Waals surface area contributed by atoms with Gasteiger partial charge in [0, 0.05) is 36.3 Å². The highest BCUT2D eigenvalue weighted by molar-refractivity contribution is 5.97. The molecule has 0 spiro atoms. The number of nitrogens with zero attached hydrogens (tertiary/aromatic N) is 2. The summed E-state index contributed by atoms with van der Waals surface area (Å²) in [5, 5.41) is 2.92. The first-order valence-electron chi connectivity index (χ1n) is 7.55. The molecule has 1 N–H and O–H groups in total. The molecule has 1 aromatic heterocycles. The Hall–Kier alpha value is -2.61. The number of aromatic nitrogens is 1. The molecular weight excluding hydrogens is 335 g/mol. The molecule has 0 unspecified atom stereocenters. The zero-order valence-corrected chi connectivity index (χ0v) is 13.6. The molecule has 0 fully saturated rings. The van der Waals surface area contributed by atoms with Crippen molar-refractivity contribution in [3.05, 3.63) is 42.1 Å². The molecule has 0 saturated heterocycles. The second-order valence-electron chi connectivity index (χ2n) is 5.64. The molecule has 8 heteroatoms. The summed E-state index contributed by atoms with van der Waals surface area (Å²) in [6.45, 7) is -0.228. The number of likely N-dealkylation sites (N-methyl/N-ethyl adjacent to an activating group) is 1. The maximum absolute atomic E-state index is 12.3. The van der Waals surface area contributed by atoms with Crippen LogP contribution in [-0.4, -0.2) is 48.1 Å². The zero-order valence-electron chi connectivity index (χ0n) is 13.6. The van der Waals surface area contributed by atoms with E-state index in [0.29, 0.717) is 13.0 Å². The highest BCUT2D eigenvalue weighted by Crippen LogP contribution is 2.19. The normalized spacial score (nSPS) is 12.2. The van der Waals surface area contributed by atoms with Crippen LogP contribution >= 0.6 is 0 Å². The van der Waals surface area contributed by atoms with Gasteiger partial charge in [-0.25, -0.2) is 0 Å². The Bertz CT molecular complexity index is 781. The van der Waals surface area contributed by atoms with Crippen molar-refractivity contribution >= 4 is 29.3 Å². The first-order chi connectivity index (χ1) is 11.8. The third-order valence-corrected chi connectivity index (χ3v) is 3.60. The predicted molar refractivity (Wildman–Crippen MR) is 88.7 cm³/mol. The minimum atomic E-state index is -4.20. The number of rotatable bonds is 7. The summed E-state index contributed by atoms with van der Waals surface area (Å²) in [5.41, 5.74) is 1.68. The van der Waals surface area contributed by atoms with Crippen molar-refractivity contribution in [2.24, 2.45) is 0 Å². The Morgan fingerprint density at radius 3 is 2.76 bits per heavy atom. The van der Waals surface area contributed by atoms with Crippen molar-refractivity contribution in [2.45, 2.75) is 12.7 Å². The molecule has 2 aromatic rings. The lowest BCUT2D eigenvalue weighted by Crippen LogP contribution is -2.33. The van der Waals surface area contributed by atoms with Gasteiger partial charge in [-0.05, 0) is 36.9 Å². The Labute approximate surface area is 142 Å². The van der Waals surface area contributed by atoms with Gasteiger partial charge in [0.15, 0.2) is 0 Å². The Morgan fingerprint density at radius 2 is 2.08 bits per heavy atom. The van der Waals surface area contributed by atoms with Crippen LogP contribution in [0.2, 0.25) is 0 Å². The quantitative estimate of drug-likeness (QED) is 0.614. The van der Waals surface area contributed by atoms with E-state index in [0.717, 1.165) is 16.5 Å². The molecular formula is C17H18F3N3O2. The summed E-state index contributed by atoms with van der Waals surface area (Å²) in [5.74, 6) is -0.514. The van der Waals surface area contributed by atoms with Gasteiger partial charge in [0.25, 0.3) is 0 Å². The number of alkyl halides is 3. The van der Waals surface area contributed by atoms with Gasteiger partial charge in [-0.2, -0.15) is 13.2 Å². The van der Waals surface area contributed by atoms with Crippen molar-refractivity contribution in [2.75, 3.05) is 20.1 Å². The lowest BCUT2D eigenvalue weighted by atomic mass is 10.1. The minimum absolute atomic E-state index is 0.275. The number of hydrogen-bond acceptors (Lipinski definition) is 3. The monoisotopic (exact) mass is 353 g/mol. The Kier molecular flexibility index (Phi) is 5.97. The van der Waals surface area contributed by atoms with E-state index in [1.165, 1.54) is 18.0 Å². The highest BCUT2D eigenvalue weighted by atomic mass is 19.4. The molecule has 0 atom stereocenters. The first kappa shape index (κ1) is 18.7. The maximum Gasteiger partial charge on any atom is 0.401 e. The second-order valence-corrected chi connectivity index (χ2v) is 5.64. The van der Waals surface area contributed by atoms with Crippen LogP contribution in [0.1, 0.15) is 5.56 Å². The fourth-order valence-corrected chi connectivity index (χ4v) is 2.46. The van der Waals surface area contributed by atoms with Gasteiger partial charge in [0.1, 0.15) is 0 Å². The lowest BCUT2D eigenvalue weighted by molar-refractivity contribution is -0.143. The molecule has 0 saturated carbocycles. The number of carbonyl (C=O) groups is 2. The second kappa shape index (κ2) is 7.98. The number of hydrogen-bond donors (Lipinski definition) is 1. The predicted octanol–water partition coefficient (Wildman–Crippen LogP) is 2.42. The van der Waals surface area contributed by atoms with Crippen molar-refractivity contribution in [1.82, 2.24) is 14.8 Å². The molecule has 0 bridgehead atoms. The number of benzene rings is 1. The van der Waals surface area contributed by atoms with E-state index in [4.69, 9.17) is 0 Å². The summed E-state index contributed by atoms with van der Waals surface area (Å²) in [4.78, 5) is 22.6. The maximum atomic E-state index is 12.3.